The van der Waals surface area contributed by atoms with Crippen LogP contribution in [-0.2, 0) is 0 Å². The van der Waals surface area contributed by atoms with Gasteiger partial charge in [0.2, 0.25) is 0 Å². The Balaban J connectivity index is 1.82. The van der Waals surface area contributed by atoms with E-state index in [2.05, 4.69) is 33.8 Å². The third-order valence-electron chi connectivity index (χ3n) is 4.13. The first-order chi connectivity index (χ1) is 12.4. The Morgan fingerprint density at radius 2 is 1.58 bits per heavy atom. The van der Waals surface area contributed by atoms with Crippen LogP contribution in [0.4, 0.5) is 0 Å². The molecule has 0 radical (unpaired) electrons. The fourth-order valence-corrected chi connectivity index (χ4v) is 4.03. The second kappa shape index (κ2) is 8.00. The number of hydrogen-bond donors (Lipinski definition) is 0. The van der Waals surface area contributed by atoms with Crippen molar-refractivity contribution in [2.24, 2.45) is 11.8 Å². The largest absolute Gasteiger partial charge is 0.338 e. The number of benzene rings is 2. The summed E-state index contributed by atoms with van der Waals surface area (Å²) < 4.78 is 1.18. The lowest BCUT2D eigenvalue weighted by Gasteiger charge is -2.26. The number of rotatable bonds is 6. The Morgan fingerprint density at radius 3 is 2.15 bits per heavy atom. The van der Waals surface area contributed by atoms with Gasteiger partial charge in [0.05, 0.1) is 10.2 Å². The molecule has 0 aliphatic carbocycles. The molecule has 0 fully saturated rings. The van der Waals surface area contributed by atoms with Crippen molar-refractivity contribution in [1.82, 2.24) is 9.88 Å². The monoisotopic (exact) mass is 366 g/mol. The highest BCUT2D eigenvalue weighted by molar-refractivity contribution is 7.21. The van der Waals surface area contributed by atoms with Crippen LogP contribution in [0.2, 0.25) is 0 Å². The first kappa shape index (κ1) is 18.6. The van der Waals surface area contributed by atoms with Crippen LogP contribution in [0.3, 0.4) is 0 Å². The van der Waals surface area contributed by atoms with Crippen molar-refractivity contribution < 1.29 is 4.79 Å². The molecule has 0 N–H and O–H groups in total. The van der Waals surface area contributed by atoms with Crippen LogP contribution < -0.4 is 0 Å². The number of hydrogen-bond acceptors (Lipinski definition) is 3. The Kier molecular flexibility index (Phi) is 5.72. The predicted molar refractivity (Wildman–Crippen MR) is 111 cm³/mol. The lowest BCUT2D eigenvalue weighted by molar-refractivity contribution is 0.0715. The molecule has 3 rings (SSSR count). The van der Waals surface area contributed by atoms with Gasteiger partial charge in [-0.25, -0.2) is 4.98 Å². The zero-order chi connectivity index (χ0) is 18.7. The molecule has 0 bridgehead atoms. The normalized spacial score (nSPS) is 11.5. The maximum absolute atomic E-state index is 12.9. The summed E-state index contributed by atoms with van der Waals surface area (Å²) in [7, 11) is 0. The van der Waals surface area contributed by atoms with Gasteiger partial charge in [0, 0.05) is 24.2 Å². The topological polar surface area (TPSA) is 33.2 Å². The van der Waals surface area contributed by atoms with E-state index >= 15 is 0 Å². The molecule has 0 spiro atoms. The van der Waals surface area contributed by atoms with E-state index in [1.807, 2.05) is 47.4 Å². The van der Waals surface area contributed by atoms with E-state index in [0.717, 1.165) is 34.7 Å². The SMILES string of the molecule is CC(C)CN(CC(C)C)C(=O)c1ccc(-c2nc3ccccc3s2)cc1. The molecule has 3 aromatic rings. The molecule has 3 nitrogen and oxygen atoms in total. The molecule has 26 heavy (non-hydrogen) atoms. The number of nitrogens with zero attached hydrogens (tertiary/aromatic N) is 2. The third-order valence-corrected chi connectivity index (χ3v) is 5.22. The predicted octanol–water partition coefficient (Wildman–Crippen LogP) is 5.72. The maximum atomic E-state index is 12.9. The number of carbonyl (C=O) groups is 1. The van der Waals surface area contributed by atoms with Crippen LogP contribution in [0.5, 0.6) is 0 Å². The minimum Gasteiger partial charge on any atom is -0.338 e. The third kappa shape index (κ3) is 4.31. The van der Waals surface area contributed by atoms with E-state index in [1.165, 1.54) is 4.70 Å². The Labute approximate surface area is 159 Å². The standard InChI is InChI=1S/C22H26N2OS/c1-15(2)13-24(14-16(3)4)22(25)18-11-9-17(10-12-18)21-23-19-7-5-6-8-20(19)26-21/h5-12,15-16H,13-14H2,1-4H3. The Bertz CT molecular complexity index is 838. The highest BCUT2D eigenvalue weighted by Crippen LogP contribution is 2.30. The van der Waals surface area contributed by atoms with E-state index in [9.17, 15) is 4.79 Å². The summed E-state index contributed by atoms with van der Waals surface area (Å²) >= 11 is 1.68. The van der Waals surface area contributed by atoms with Crippen molar-refractivity contribution in [3.05, 3.63) is 54.1 Å². The molecular weight excluding hydrogens is 340 g/mol. The van der Waals surface area contributed by atoms with Crippen LogP contribution in [0.15, 0.2) is 48.5 Å². The molecule has 0 aliphatic heterocycles. The van der Waals surface area contributed by atoms with Gasteiger partial charge in [0.1, 0.15) is 5.01 Å². The van der Waals surface area contributed by atoms with Gasteiger partial charge < -0.3 is 4.90 Å². The molecule has 1 amide bonds. The highest BCUT2D eigenvalue weighted by atomic mass is 32.1. The van der Waals surface area contributed by atoms with Crippen LogP contribution in [0.25, 0.3) is 20.8 Å². The summed E-state index contributed by atoms with van der Waals surface area (Å²) in [6, 6.07) is 16.0. The molecule has 1 heterocycles. The second-order valence-corrected chi connectivity index (χ2v) is 8.59. The van der Waals surface area contributed by atoms with E-state index < -0.39 is 0 Å². The van der Waals surface area contributed by atoms with Gasteiger partial charge in [0.15, 0.2) is 0 Å². The molecule has 0 saturated heterocycles. The Morgan fingerprint density at radius 1 is 0.962 bits per heavy atom. The molecule has 0 aliphatic rings. The van der Waals surface area contributed by atoms with Gasteiger partial charge in [-0.3, -0.25) is 4.79 Å². The summed E-state index contributed by atoms with van der Waals surface area (Å²) in [6.45, 7) is 10.2. The average molecular weight is 367 g/mol. The van der Waals surface area contributed by atoms with Crippen LogP contribution in [0.1, 0.15) is 38.1 Å². The molecule has 0 unspecified atom stereocenters. The molecule has 2 aromatic carbocycles. The number of aromatic nitrogens is 1. The second-order valence-electron chi connectivity index (χ2n) is 7.56. The van der Waals surface area contributed by atoms with Crippen molar-refractivity contribution in [3.8, 4) is 10.6 Å². The van der Waals surface area contributed by atoms with E-state index in [-0.39, 0.29) is 5.91 Å². The quantitative estimate of drug-likeness (QED) is 0.559. The molecular formula is C22H26N2OS. The fourth-order valence-electron chi connectivity index (χ4n) is 3.06. The molecule has 1 aromatic heterocycles. The van der Waals surface area contributed by atoms with Crippen LogP contribution in [0, 0.1) is 11.8 Å². The lowest BCUT2D eigenvalue weighted by Crippen LogP contribution is -2.37. The van der Waals surface area contributed by atoms with Crippen molar-refractivity contribution in [2.75, 3.05) is 13.1 Å². The van der Waals surface area contributed by atoms with E-state index in [0.29, 0.717) is 11.8 Å². The van der Waals surface area contributed by atoms with Gasteiger partial charge >= 0.3 is 0 Å². The summed E-state index contributed by atoms with van der Waals surface area (Å²) in [5.74, 6) is 1.03. The number of para-hydroxylation sites is 1. The number of fused-ring (bicyclic) bond motifs is 1. The smallest absolute Gasteiger partial charge is 0.253 e. The molecule has 0 saturated carbocycles. The number of thiazole rings is 1. The van der Waals surface area contributed by atoms with Crippen molar-refractivity contribution >= 4 is 27.5 Å². The zero-order valence-electron chi connectivity index (χ0n) is 15.9. The van der Waals surface area contributed by atoms with Crippen molar-refractivity contribution in [1.29, 1.82) is 0 Å². The van der Waals surface area contributed by atoms with Gasteiger partial charge in [-0.2, -0.15) is 0 Å². The first-order valence-corrected chi connectivity index (χ1v) is 10.0. The van der Waals surface area contributed by atoms with Gasteiger partial charge in [-0.1, -0.05) is 52.0 Å². The summed E-state index contributed by atoms with van der Waals surface area (Å²) in [4.78, 5) is 19.6. The van der Waals surface area contributed by atoms with Crippen LogP contribution >= 0.6 is 11.3 Å². The molecule has 136 valence electrons. The number of carbonyl (C=O) groups excluding carboxylic acids is 1. The van der Waals surface area contributed by atoms with E-state index in [1.54, 1.807) is 11.3 Å². The van der Waals surface area contributed by atoms with Gasteiger partial charge in [-0.05, 0) is 36.1 Å². The van der Waals surface area contributed by atoms with Crippen molar-refractivity contribution in [2.45, 2.75) is 27.7 Å². The van der Waals surface area contributed by atoms with Gasteiger partial charge in [0.25, 0.3) is 5.91 Å². The highest BCUT2D eigenvalue weighted by Gasteiger charge is 2.18. The van der Waals surface area contributed by atoms with Crippen molar-refractivity contribution in [3.63, 3.8) is 0 Å². The zero-order valence-corrected chi connectivity index (χ0v) is 16.7. The molecule has 0 atom stereocenters. The Hall–Kier alpha value is -2.20. The minimum atomic E-state index is 0.114. The number of amides is 1. The summed E-state index contributed by atoms with van der Waals surface area (Å²) in [5.41, 5.74) is 2.82. The van der Waals surface area contributed by atoms with Gasteiger partial charge in [-0.15, -0.1) is 11.3 Å². The molecule has 4 heteroatoms. The van der Waals surface area contributed by atoms with E-state index in [4.69, 9.17) is 4.98 Å². The summed E-state index contributed by atoms with van der Waals surface area (Å²) in [6.07, 6.45) is 0. The first-order valence-electron chi connectivity index (χ1n) is 9.19. The maximum Gasteiger partial charge on any atom is 0.253 e. The average Bonchev–Trinajstić information content (AvgIpc) is 3.04. The summed E-state index contributed by atoms with van der Waals surface area (Å²) in [5, 5.41) is 0.992. The minimum absolute atomic E-state index is 0.114. The lowest BCUT2D eigenvalue weighted by atomic mass is 10.1. The van der Waals surface area contributed by atoms with Crippen LogP contribution in [-0.4, -0.2) is 28.9 Å². The fraction of sp³-hybridized carbons (Fsp3) is 0.364.